The van der Waals surface area contributed by atoms with Crippen molar-refractivity contribution in [2.75, 3.05) is 0 Å². The van der Waals surface area contributed by atoms with E-state index in [1.807, 2.05) is 24.3 Å². The van der Waals surface area contributed by atoms with Gasteiger partial charge in [0, 0.05) is 6.07 Å². The van der Waals surface area contributed by atoms with Crippen molar-refractivity contribution >= 4 is 28.6 Å². The summed E-state index contributed by atoms with van der Waals surface area (Å²) >= 11 is 2.17. The average molecular weight is 355 g/mol. The topological polar surface area (TPSA) is 59.4 Å². The minimum atomic E-state index is -0.985. The molecular weight excluding hydrogens is 345 g/mol. The van der Waals surface area contributed by atoms with Crippen molar-refractivity contribution in [2.45, 2.75) is 6.92 Å². The van der Waals surface area contributed by atoms with Crippen molar-refractivity contribution in [1.82, 2.24) is 4.98 Å². The maximum atomic E-state index is 10.9. The molecule has 2 rings (SSSR count). The van der Waals surface area contributed by atoms with Gasteiger partial charge >= 0.3 is 5.97 Å². The molecule has 0 radical (unpaired) electrons. The molecular formula is C13H10INO3. The molecule has 0 aliphatic heterocycles. The summed E-state index contributed by atoms with van der Waals surface area (Å²) < 4.78 is 6.58. The molecule has 4 nitrogen and oxygen atoms in total. The number of rotatable bonds is 3. The Kier molecular flexibility index (Phi) is 3.81. The summed E-state index contributed by atoms with van der Waals surface area (Å²) in [5.74, 6) is 0.107. The molecule has 0 aliphatic carbocycles. The molecule has 0 fully saturated rings. The Morgan fingerprint density at radius 1 is 1.28 bits per heavy atom. The lowest BCUT2D eigenvalue weighted by Gasteiger charge is -2.08. The van der Waals surface area contributed by atoms with Gasteiger partial charge in [-0.25, -0.2) is 9.78 Å². The summed E-state index contributed by atoms with van der Waals surface area (Å²) in [6, 6.07) is 10.6. The van der Waals surface area contributed by atoms with Crippen LogP contribution >= 0.6 is 22.6 Å². The van der Waals surface area contributed by atoms with Crippen LogP contribution in [0.3, 0.4) is 0 Å². The molecule has 0 atom stereocenters. The molecule has 0 aliphatic rings. The van der Waals surface area contributed by atoms with E-state index in [1.165, 1.54) is 6.07 Å². The fourth-order valence-corrected chi connectivity index (χ4v) is 1.96. The minimum absolute atomic E-state index is 0.185. The lowest BCUT2D eigenvalue weighted by molar-refractivity contribution is 0.0695. The number of aryl methyl sites for hydroxylation is 1. The third kappa shape index (κ3) is 2.79. The van der Waals surface area contributed by atoms with Gasteiger partial charge in [0.05, 0.1) is 14.8 Å². The lowest BCUT2D eigenvalue weighted by atomic mass is 10.2. The molecule has 0 saturated heterocycles. The Bertz CT molecular complexity index is 599. The van der Waals surface area contributed by atoms with E-state index in [9.17, 15) is 4.79 Å². The van der Waals surface area contributed by atoms with Gasteiger partial charge in [0.2, 0.25) is 5.88 Å². The number of ether oxygens (including phenoxy) is 1. The summed E-state index contributed by atoms with van der Waals surface area (Å²) in [4.78, 5) is 15.0. The molecule has 2 aromatic rings. The second-order valence-electron chi connectivity index (χ2n) is 3.62. The van der Waals surface area contributed by atoms with E-state index in [0.29, 0.717) is 17.3 Å². The van der Waals surface area contributed by atoms with Gasteiger partial charge in [0.15, 0.2) is 0 Å². The van der Waals surface area contributed by atoms with E-state index in [4.69, 9.17) is 9.84 Å². The lowest BCUT2D eigenvalue weighted by Crippen LogP contribution is -2.02. The van der Waals surface area contributed by atoms with Crippen LogP contribution in [0.2, 0.25) is 0 Å². The zero-order valence-electron chi connectivity index (χ0n) is 9.55. The fourth-order valence-electron chi connectivity index (χ4n) is 1.46. The number of hydrogen-bond donors (Lipinski definition) is 1. The zero-order chi connectivity index (χ0) is 13.1. The molecule has 18 heavy (non-hydrogen) atoms. The number of benzene rings is 1. The molecule has 0 unspecified atom stereocenters. The summed E-state index contributed by atoms with van der Waals surface area (Å²) in [6.45, 7) is 1.65. The SMILES string of the molecule is Cc1nc(Oc2ccccc2I)ccc1C(=O)O. The quantitative estimate of drug-likeness (QED) is 0.857. The fraction of sp³-hybridized carbons (Fsp3) is 0.0769. The number of pyridine rings is 1. The van der Waals surface area contributed by atoms with Crippen molar-refractivity contribution in [3.63, 3.8) is 0 Å². The number of hydrogen-bond acceptors (Lipinski definition) is 3. The number of nitrogens with zero attached hydrogens (tertiary/aromatic N) is 1. The van der Waals surface area contributed by atoms with Gasteiger partial charge in [-0.2, -0.15) is 0 Å². The van der Waals surface area contributed by atoms with Crippen LogP contribution in [0.25, 0.3) is 0 Å². The van der Waals surface area contributed by atoms with Crippen LogP contribution in [-0.4, -0.2) is 16.1 Å². The van der Waals surface area contributed by atoms with E-state index in [2.05, 4.69) is 27.6 Å². The van der Waals surface area contributed by atoms with E-state index < -0.39 is 5.97 Å². The van der Waals surface area contributed by atoms with Gasteiger partial charge in [-0.1, -0.05) is 12.1 Å². The van der Waals surface area contributed by atoms with Crippen LogP contribution in [0, 0.1) is 10.5 Å². The highest BCUT2D eigenvalue weighted by Crippen LogP contribution is 2.25. The summed E-state index contributed by atoms with van der Waals surface area (Å²) in [7, 11) is 0. The van der Waals surface area contributed by atoms with Crippen LogP contribution in [0.4, 0.5) is 0 Å². The van der Waals surface area contributed by atoms with Gasteiger partial charge in [0.25, 0.3) is 0 Å². The second-order valence-corrected chi connectivity index (χ2v) is 4.78. The average Bonchev–Trinajstić information content (AvgIpc) is 2.32. The van der Waals surface area contributed by atoms with E-state index in [-0.39, 0.29) is 5.56 Å². The molecule has 0 saturated carbocycles. The first-order valence-electron chi connectivity index (χ1n) is 5.21. The summed E-state index contributed by atoms with van der Waals surface area (Å²) in [5, 5.41) is 8.91. The first-order chi connectivity index (χ1) is 8.58. The maximum Gasteiger partial charge on any atom is 0.337 e. The molecule has 1 aromatic carbocycles. The van der Waals surface area contributed by atoms with Crippen molar-refractivity contribution in [1.29, 1.82) is 0 Å². The van der Waals surface area contributed by atoms with Crippen LogP contribution in [0.1, 0.15) is 16.1 Å². The summed E-state index contributed by atoms with van der Waals surface area (Å²) in [5.41, 5.74) is 0.621. The highest BCUT2D eigenvalue weighted by atomic mass is 127. The molecule has 1 heterocycles. The predicted molar refractivity (Wildman–Crippen MR) is 75.2 cm³/mol. The molecule has 5 heteroatoms. The monoisotopic (exact) mass is 355 g/mol. The number of aromatic nitrogens is 1. The van der Waals surface area contributed by atoms with Gasteiger partial charge in [-0.3, -0.25) is 0 Å². The number of carboxylic acids is 1. The maximum absolute atomic E-state index is 10.9. The number of carboxylic acid groups (broad SMARTS) is 1. The molecule has 0 bridgehead atoms. The summed E-state index contributed by atoms with van der Waals surface area (Å²) in [6.07, 6.45) is 0. The van der Waals surface area contributed by atoms with Crippen molar-refractivity contribution in [3.05, 3.63) is 51.2 Å². The van der Waals surface area contributed by atoms with Crippen LogP contribution < -0.4 is 4.74 Å². The Morgan fingerprint density at radius 3 is 2.61 bits per heavy atom. The number of halogens is 1. The van der Waals surface area contributed by atoms with Crippen LogP contribution in [-0.2, 0) is 0 Å². The van der Waals surface area contributed by atoms with Gasteiger partial charge in [0.1, 0.15) is 5.75 Å². The molecule has 1 N–H and O–H groups in total. The molecule has 0 amide bonds. The highest BCUT2D eigenvalue weighted by Gasteiger charge is 2.10. The van der Waals surface area contributed by atoms with E-state index in [1.54, 1.807) is 13.0 Å². The zero-order valence-corrected chi connectivity index (χ0v) is 11.7. The van der Waals surface area contributed by atoms with Gasteiger partial charge in [-0.15, -0.1) is 0 Å². The largest absolute Gasteiger partial charge is 0.478 e. The Hall–Kier alpha value is -1.63. The predicted octanol–water partition coefficient (Wildman–Crippen LogP) is 3.49. The first-order valence-corrected chi connectivity index (χ1v) is 6.29. The number of carbonyl (C=O) groups is 1. The number of para-hydroxylation sites is 1. The molecule has 0 spiro atoms. The molecule has 1 aromatic heterocycles. The van der Waals surface area contributed by atoms with E-state index in [0.717, 1.165) is 3.57 Å². The Labute approximate surface area is 118 Å². The van der Waals surface area contributed by atoms with Crippen molar-refractivity contribution in [2.24, 2.45) is 0 Å². The second kappa shape index (κ2) is 5.34. The van der Waals surface area contributed by atoms with Gasteiger partial charge < -0.3 is 9.84 Å². The van der Waals surface area contributed by atoms with Crippen molar-refractivity contribution < 1.29 is 14.6 Å². The van der Waals surface area contributed by atoms with Gasteiger partial charge in [-0.05, 0) is 47.7 Å². The highest BCUT2D eigenvalue weighted by molar-refractivity contribution is 14.1. The van der Waals surface area contributed by atoms with Crippen molar-refractivity contribution in [3.8, 4) is 11.6 Å². The van der Waals surface area contributed by atoms with Crippen LogP contribution in [0.15, 0.2) is 36.4 Å². The smallest absolute Gasteiger partial charge is 0.337 e. The standard InChI is InChI=1S/C13H10INO3/c1-8-9(13(16)17)6-7-12(15-8)18-11-5-3-2-4-10(11)14/h2-7H,1H3,(H,16,17). The molecule has 92 valence electrons. The Balaban J connectivity index is 2.29. The third-order valence-electron chi connectivity index (χ3n) is 2.34. The first kappa shape index (κ1) is 12.8. The van der Waals surface area contributed by atoms with Crippen LogP contribution in [0.5, 0.6) is 11.6 Å². The number of aromatic carboxylic acids is 1. The normalized spacial score (nSPS) is 10.1. The minimum Gasteiger partial charge on any atom is -0.478 e. The third-order valence-corrected chi connectivity index (χ3v) is 3.23. The Morgan fingerprint density at radius 2 is 2.00 bits per heavy atom. The van der Waals surface area contributed by atoms with E-state index >= 15 is 0 Å².